The average Bonchev–Trinajstić information content (AvgIpc) is 3.32. The first-order valence-electron chi connectivity index (χ1n) is 8.51. The predicted octanol–water partition coefficient (Wildman–Crippen LogP) is 2.81. The number of carbonyl (C=O) groups is 1. The van der Waals surface area contributed by atoms with E-state index in [2.05, 4.69) is 30.5 Å². The van der Waals surface area contributed by atoms with Gasteiger partial charge in [-0.15, -0.1) is 0 Å². The van der Waals surface area contributed by atoms with Crippen molar-refractivity contribution in [3.8, 4) is 6.07 Å². The van der Waals surface area contributed by atoms with Crippen LogP contribution in [0.5, 0.6) is 0 Å². The molecule has 0 aliphatic rings. The third-order valence-electron chi connectivity index (χ3n) is 4.42. The maximum Gasteiger partial charge on any atom is 0.433 e. The van der Waals surface area contributed by atoms with Crippen LogP contribution < -0.4 is 5.32 Å². The Balaban J connectivity index is 1.79. The van der Waals surface area contributed by atoms with Gasteiger partial charge >= 0.3 is 6.18 Å². The number of nitriles is 1. The molecule has 1 unspecified atom stereocenters. The van der Waals surface area contributed by atoms with E-state index < -0.39 is 17.9 Å². The van der Waals surface area contributed by atoms with Gasteiger partial charge in [0.25, 0.3) is 5.91 Å². The van der Waals surface area contributed by atoms with Gasteiger partial charge in [-0.2, -0.15) is 23.5 Å². The minimum atomic E-state index is -4.63. The molecule has 3 heterocycles. The molecule has 3 rings (SSSR count). The fraction of sp³-hybridized carbons (Fsp3) is 0.278. The molecule has 0 aliphatic heterocycles. The molecule has 1 amide bonds. The van der Waals surface area contributed by atoms with E-state index in [-0.39, 0.29) is 18.0 Å². The lowest BCUT2D eigenvalue weighted by atomic mass is 10.0. The lowest BCUT2D eigenvalue weighted by Crippen LogP contribution is -2.28. The van der Waals surface area contributed by atoms with Crippen LogP contribution in [0.1, 0.15) is 57.4 Å². The summed E-state index contributed by atoms with van der Waals surface area (Å²) in [6.07, 6.45) is -1.55. The number of aromatic nitrogens is 5. The van der Waals surface area contributed by atoms with Crippen LogP contribution in [0.2, 0.25) is 0 Å². The Morgan fingerprint density at radius 1 is 1.34 bits per heavy atom. The summed E-state index contributed by atoms with van der Waals surface area (Å²) in [7, 11) is 0. The molecule has 29 heavy (non-hydrogen) atoms. The molecule has 0 saturated carbocycles. The number of amides is 1. The number of H-pyrrole nitrogens is 2. The van der Waals surface area contributed by atoms with Crippen LogP contribution in [0.4, 0.5) is 13.2 Å². The molecule has 3 aromatic heterocycles. The molecule has 1 atom stereocenters. The fourth-order valence-electron chi connectivity index (χ4n) is 2.81. The molecule has 0 aliphatic carbocycles. The van der Waals surface area contributed by atoms with E-state index in [0.717, 1.165) is 6.07 Å². The van der Waals surface area contributed by atoms with Crippen molar-refractivity contribution in [2.75, 3.05) is 0 Å². The highest BCUT2D eigenvalue weighted by Crippen LogP contribution is 2.29. The van der Waals surface area contributed by atoms with E-state index in [1.165, 1.54) is 12.4 Å². The number of hydrogen-bond acceptors (Lipinski definition) is 5. The van der Waals surface area contributed by atoms with Gasteiger partial charge in [0.05, 0.1) is 6.04 Å². The smallest absolute Gasteiger partial charge is 0.357 e. The standard InChI is InChI=1S/C18H16F3N7O/c1-9-12(5-11-3-4-14(18(19,20)21)27-13(11)6-22)7-23-15(9)17(29)26-10(2)16-24-8-25-28-16/h3-4,7-8,10,23H,5H2,1-2H3,(H,26,29)(H,24,25,28). The van der Waals surface area contributed by atoms with Crippen LogP contribution in [-0.4, -0.2) is 31.1 Å². The molecule has 0 saturated heterocycles. The second kappa shape index (κ2) is 7.75. The van der Waals surface area contributed by atoms with Crippen molar-refractivity contribution in [1.29, 1.82) is 5.26 Å². The van der Waals surface area contributed by atoms with Gasteiger partial charge in [0.1, 0.15) is 35.3 Å². The summed E-state index contributed by atoms with van der Waals surface area (Å²) in [5.74, 6) is 0.126. The van der Waals surface area contributed by atoms with E-state index in [9.17, 15) is 23.2 Å². The highest BCUT2D eigenvalue weighted by molar-refractivity contribution is 5.94. The quantitative estimate of drug-likeness (QED) is 0.604. The number of nitrogens with zero attached hydrogens (tertiary/aromatic N) is 4. The number of alkyl halides is 3. The summed E-state index contributed by atoms with van der Waals surface area (Å²) < 4.78 is 38.4. The van der Waals surface area contributed by atoms with E-state index in [4.69, 9.17) is 0 Å². The van der Waals surface area contributed by atoms with Crippen molar-refractivity contribution >= 4 is 5.91 Å². The average molecular weight is 403 g/mol. The van der Waals surface area contributed by atoms with Crippen LogP contribution in [-0.2, 0) is 12.6 Å². The molecular weight excluding hydrogens is 387 g/mol. The van der Waals surface area contributed by atoms with E-state index in [0.29, 0.717) is 28.2 Å². The van der Waals surface area contributed by atoms with E-state index in [1.807, 2.05) is 0 Å². The van der Waals surface area contributed by atoms with Crippen molar-refractivity contribution in [2.24, 2.45) is 0 Å². The monoisotopic (exact) mass is 403 g/mol. The van der Waals surface area contributed by atoms with Gasteiger partial charge in [-0.1, -0.05) is 6.07 Å². The molecule has 0 bridgehead atoms. The van der Waals surface area contributed by atoms with Crippen molar-refractivity contribution in [2.45, 2.75) is 32.5 Å². The fourth-order valence-corrected chi connectivity index (χ4v) is 2.81. The molecule has 0 spiro atoms. The zero-order valence-electron chi connectivity index (χ0n) is 15.4. The van der Waals surface area contributed by atoms with Gasteiger partial charge in [-0.3, -0.25) is 9.89 Å². The SMILES string of the molecule is Cc1c(Cc2ccc(C(F)(F)F)nc2C#N)c[nH]c1C(=O)NC(C)c1ncn[nH]1. The van der Waals surface area contributed by atoms with Crippen LogP contribution in [0, 0.1) is 18.3 Å². The minimum Gasteiger partial charge on any atom is -0.357 e. The minimum absolute atomic E-state index is 0.154. The highest BCUT2D eigenvalue weighted by Gasteiger charge is 2.33. The van der Waals surface area contributed by atoms with Gasteiger partial charge in [0.2, 0.25) is 0 Å². The number of aromatic amines is 2. The number of halogens is 3. The zero-order chi connectivity index (χ0) is 21.2. The molecule has 3 aromatic rings. The van der Waals surface area contributed by atoms with Crippen molar-refractivity contribution < 1.29 is 18.0 Å². The summed E-state index contributed by atoms with van der Waals surface area (Å²) in [4.78, 5) is 22.8. The molecule has 150 valence electrons. The largest absolute Gasteiger partial charge is 0.433 e. The third-order valence-corrected chi connectivity index (χ3v) is 4.42. The topological polar surface area (TPSA) is 123 Å². The van der Waals surface area contributed by atoms with Gasteiger partial charge in [-0.25, -0.2) is 9.97 Å². The Kier molecular flexibility index (Phi) is 5.36. The van der Waals surface area contributed by atoms with Gasteiger partial charge in [0.15, 0.2) is 0 Å². The molecule has 0 fully saturated rings. The Bertz CT molecular complexity index is 1060. The summed E-state index contributed by atoms with van der Waals surface area (Å²) in [5, 5.41) is 18.3. The molecular formula is C18H16F3N7O. The number of rotatable bonds is 5. The first kappa shape index (κ1) is 20.1. The first-order chi connectivity index (χ1) is 13.7. The molecule has 3 N–H and O–H groups in total. The van der Waals surface area contributed by atoms with Crippen LogP contribution in [0.3, 0.4) is 0 Å². The van der Waals surface area contributed by atoms with E-state index in [1.54, 1.807) is 26.1 Å². The predicted molar refractivity (Wildman–Crippen MR) is 94.6 cm³/mol. The number of carbonyl (C=O) groups excluding carboxylic acids is 1. The lowest BCUT2D eigenvalue weighted by Gasteiger charge is -2.11. The van der Waals surface area contributed by atoms with E-state index >= 15 is 0 Å². The van der Waals surface area contributed by atoms with Crippen LogP contribution in [0.15, 0.2) is 24.7 Å². The maximum absolute atomic E-state index is 12.8. The van der Waals surface area contributed by atoms with Gasteiger partial charge in [0, 0.05) is 12.6 Å². The summed E-state index contributed by atoms with van der Waals surface area (Å²) >= 11 is 0. The molecule has 0 aromatic carbocycles. The molecule has 11 heteroatoms. The number of pyridine rings is 1. The normalized spacial score (nSPS) is 12.4. The molecule has 8 nitrogen and oxygen atoms in total. The Morgan fingerprint density at radius 3 is 2.72 bits per heavy atom. The zero-order valence-corrected chi connectivity index (χ0v) is 15.4. The Hall–Kier alpha value is -3.68. The Morgan fingerprint density at radius 2 is 2.10 bits per heavy atom. The van der Waals surface area contributed by atoms with Gasteiger partial charge in [-0.05, 0) is 36.6 Å². The third kappa shape index (κ3) is 4.26. The maximum atomic E-state index is 12.8. The van der Waals surface area contributed by atoms with Crippen LogP contribution >= 0.6 is 0 Å². The van der Waals surface area contributed by atoms with Crippen molar-refractivity contribution in [3.63, 3.8) is 0 Å². The Labute approximate surface area is 163 Å². The summed E-state index contributed by atoms with van der Waals surface area (Å²) in [5.41, 5.74) is 0.515. The lowest BCUT2D eigenvalue weighted by molar-refractivity contribution is -0.141. The highest BCUT2D eigenvalue weighted by atomic mass is 19.4. The van der Waals surface area contributed by atoms with Gasteiger partial charge < -0.3 is 10.3 Å². The second-order valence-electron chi connectivity index (χ2n) is 6.37. The number of hydrogen-bond donors (Lipinski definition) is 3. The summed E-state index contributed by atoms with van der Waals surface area (Å²) in [6.45, 7) is 3.45. The van der Waals surface area contributed by atoms with Crippen molar-refractivity contribution in [3.05, 3.63) is 64.3 Å². The molecule has 0 radical (unpaired) electrons. The number of nitrogens with one attached hydrogen (secondary N) is 3. The summed E-state index contributed by atoms with van der Waals surface area (Å²) in [6, 6.07) is 3.37. The second-order valence-corrected chi connectivity index (χ2v) is 6.37. The van der Waals surface area contributed by atoms with Crippen LogP contribution in [0.25, 0.3) is 0 Å². The van der Waals surface area contributed by atoms with Crippen molar-refractivity contribution in [1.82, 2.24) is 30.5 Å². The first-order valence-corrected chi connectivity index (χ1v) is 8.51.